The molecule has 3 aromatic rings. The van der Waals surface area contributed by atoms with Crippen LogP contribution in [0.15, 0.2) is 53.3 Å². The van der Waals surface area contributed by atoms with Crippen LogP contribution in [0.1, 0.15) is 21.8 Å². The monoisotopic (exact) mass is 375 g/mol. The van der Waals surface area contributed by atoms with Gasteiger partial charge in [0.15, 0.2) is 11.5 Å². The maximum absolute atomic E-state index is 12.9. The topological polar surface area (TPSA) is 68.5 Å². The molecule has 0 spiro atoms. The summed E-state index contributed by atoms with van der Waals surface area (Å²) in [6.07, 6.45) is 3.02. The van der Waals surface area contributed by atoms with Crippen molar-refractivity contribution in [1.29, 1.82) is 0 Å². The number of nitrogens with zero attached hydrogens (tertiary/aromatic N) is 3. The molecule has 0 saturated heterocycles. The molecule has 0 aliphatic carbocycles. The van der Waals surface area contributed by atoms with Gasteiger partial charge in [0.25, 0.3) is 5.91 Å². The van der Waals surface area contributed by atoms with Crippen molar-refractivity contribution in [2.24, 2.45) is 0 Å². The molecule has 8 heteroatoms. The number of rotatable bonds is 6. The number of ether oxygens (including phenoxy) is 1. The van der Waals surface area contributed by atoms with Crippen LogP contribution in [0.4, 0.5) is 4.39 Å². The molecule has 0 radical (unpaired) electrons. The Bertz CT molecular complexity index is 899. The first-order valence-electron chi connectivity index (χ1n) is 7.70. The Balaban J connectivity index is 1.59. The highest BCUT2D eigenvalue weighted by Crippen LogP contribution is 2.17. The zero-order chi connectivity index (χ0) is 18.5. The Morgan fingerprint density at radius 3 is 2.77 bits per heavy atom. The summed E-state index contributed by atoms with van der Waals surface area (Å²) in [5.41, 5.74) is 0.972. The lowest BCUT2D eigenvalue weighted by Crippen LogP contribution is -2.26. The molecule has 26 heavy (non-hydrogen) atoms. The van der Waals surface area contributed by atoms with E-state index in [-0.39, 0.29) is 24.0 Å². The lowest BCUT2D eigenvalue weighted by atomic mass is 10.2. The number of pyridine rings is 1. The Morgan fingerprint density at radius 2 is 2.04 bits per heavy atom. The highest BCUT2D eigenvalue weighted by Gasteiger charge is 2.17. The van der Waals surface area contributed by atoms with Crippen LogP contribution < -0.4 is 4.74 Å². The molecule has 1 aromatic carbocycles. The standard InChI is InChI=1S/C18H15ClFN3O3/c1-23(10-12-2-4-14(20)5-3-12)18(24)17-7-16(26-22-17)11-25-15-6-13(19)8-21-9-15/h2-9H,10-11H2,1H3. The SMILES string of the molecule is CN(Cc1ccc(F)cc1)C(=O)c1cc(COc2cncc(Cl)c2)on1. The molecule has 0 aliphatic heterocycles. The molecule has 0 unspecified atom stereocenters. The van der Waals surface area contributed by atoms with E-state index in [0.29, 0.717) is 23.1 Å². The number of hydrogen-bond acceptors (Lipinski definition) is 5. The summed E-state index contributed by atoms with van der Waals surface area (Å²) in [4.78, 5) is 17.8. The molecular formula is C18H15ClFN3O3. The molecule has 0 N–H and O–H groups in total. The zero-order valence-corrected chi connectivity index (χ0v) is 14.6. The van der Waals surface area contributed by atoms with Crippen molar-refractivity contribution < 1.29 is 18.4 Å². The summed E-state index contributed by atoms with van der Waals surface area (Å²) in [6, 6.07) is 9.09. The molecule has 3 rings (SSSR count). The van der Waals surface area contributed by atoms with Crippen molar-refractivity contribution in [1.82, 2.24) is 15.0 Å². The van der Waals surface area contributed by atoms with Gasteiger partial charge in [-0.2, -0.15) is 0 Å². The summed E-state index contributed by atoms with van der Waals surface area (Å²) in [5, 5.41) is 4.23. The summed E-state index contributed by atoms with van der Waals surface area (Å²) in [6.45, 7) is 0.413. The molecule has 0 bridgehead atoms. The number of benzene rings is 1. The number of carbonyl (C=O) groups is 1. The molecule has 2 aromatic heterocycles. The third-order valence-electron chi connectivity index (χ3n) is 3.52. The maximum atomic E-state index is 12.9. The van der Waals surface area contributed by atoms with Gasteiger partial charge in [-0.1, -0.05) is 28.9 Å². The number of amides is 1. The van der Waals surface area contributed by atoms with Crippen molar-refractivity contribution in [3.05, 3.63) is 76.6 Å². The van der Waals surface area contributed by atoms with Crippen LogP contribution in [0.2, 0.25) is 5.02 Å². The first kappa shape index (κ1) is 17.9. The summed E-state index contributed by atoms with van der Waals surface area (Å²) < 4.78 is 23.6. The van der Waals surface area contributed by atoms with Crippen LogP contribution >= 0.6 is 11.6 Å². The molecule has 6 nitrogen and oxygen atoms in total. The summed E-state index contributed by atoms with van der Waals surface area (Å²) >= 11 is 5.83. The predicted molar refractivity (Wildman–Crippen MR) is 92.3 cm³/mol. The quantitative estimate of drug-likeness (QED) is 0.657. The van der Waals surface area contributed by atoms with Gasteiger partial charge < -0.3 is 14.2 Å². The van der Waals surface area contributed by atoms with Gasteiger partial charge in [0, 0.05) is 31.9 Å². The highest BCUT2D eigenvalue weighted by molar-refractivity contribution is 6.30. The molecular weight excluding hydrogens is 361 g/mol. The Hall–Kier alpha value is -2.93. The Labute approximate surface area is 154 Å². The van der Waals surface area contributed by atoms with Crippen LogP contribution in [0, 0.1) is 5.82 Å². The lowest BCUT2D eigenvalue weighted by Gasteiger charge is -2.15. The van der Waals surface area contributed by atoms with E-state index in [2.05, 4.69) is 10.1 Å². The minimum absolute atomic E-state index is 0.0873. The lowest BCUT2D eigenvalue weighted by molar-refractivity contribution is 0.0774. The number of aromatic nitrogens is 2. The number of hydrogen-bond donors (Lipinski definition) is 0. The fourth-order valence-corrected chi connectivity index (χ4v) is 2.40. The van der Waals surface area contributed by atoms with Crippen molar-refractivity contribution in [3.63, 3.8) is 0 Å². The second kappa shape index (κ2) is 7.97. The van der Waals surface area contributed by atoms with Crippen molar-refractivity contribution >= 4 is 17.5 Å². The van der Waals surface area contributed by atoms with Gasteiger partial charge in [0.1, 0.15) is 18.2 Å². The van der Waals surface area contributed by atoms with Crippen LogP contribution in [0.25, 0.3) is 0 Å². The minimum Gasteiger partial charge on any atom is -0.484 e. The van der Waals surface area contributed by atoms with Crippen molar-refractivity contribution in [2.45, 2.75) is 13.2 Å². The van der Waals surface area contributed by atoms with Crippen LogP contribution in [0.5, 0.6) is 5.75 Å². The Kier molecular flexibility index (Phi) is 5.48. The van der Waals surface area contributed by atoms with Gasteiger partial charge in [-0.3, -0.25) is 9.78 Å². The van der Waals surface area contributed by atoms with Gasteiger partial charge in [0.2, 0.25) is 0 Å². The van der Waals surface area contributed by atoms with E-state index in [9.17, 15) is 9.18 Å². The largest absolute Gasteiger partial charge is 0.484 e. The van der Waals surface area contributed by atoms with Gasteiger partial charge in [-0.15, -0.1) is 0 Å². The summed E-state index contributed by atoms with van der Waals surface area (Å²) in [7, 11) is 1.63. The van der Waals surface area contributed by atoms with Crippen molar-refractivity contribution in [2.75, 3.05) is 7.05 Å². The Morgan fingerprint density at radius 1 is 1.27 bits per heavy atom. The maximum Gasteiger partial charge on any atom is 0.276 e. The van der Waals surface area contributed by atoms with Gasteiger partial charge >= 0.3 is 0 Å². The summed E-state index contributed by atoms with van der Waals surface area (Å²) in [5.74, 6) is 0.242. The predicted octanol–water partition coefficient (Wildman–Crippen LogP) is 3.71. The molecule has 0 saturated carbocycles. The third kappa shape index (κ3) is 4.58. The van der Waals surface area contributed by atoms with E-state index in [0.717, 1.165) is 5.56 Å². The minimum atomic E-state index is -0.321. The smallest absolute Gasteiger partial charge is 0.276 e. The number of halogens is 2. The van der Waals surface area contributed by atoms with Gasteiger partial charge in [-0.25, -0.2) is 4.39 Å². The average Bonchev–Trinajstić information content (AvgIpc) is 3.10. The second-order valence-electron chi connectivity index (χ2n) is 5.59. The molecule has 134 valence electrons. The fraction of sp³-hybridized carbons (Fsp3) is 0.167. The highest BCUT2D eigenvalue weighted by atomic mass is 35.5. The van der Waals surface area contributed by atoms with E-state index < -0.39 is 0 Å². The molecule has 2 heterocycles. The zero-order valence-electron chi connectivity index (χ0n) is 13.9. The third-order valence-corrected chi connectivity index (χ3v) is 3.73. The van der Waals surface area contributed by atoms with Gasteiger partial charge in [-0.05, 0) is 17.7 Å². The second-order valence-corrected chi connectivity index (χ2v) is 6.03. The average molecular weight is 376 g/mol. The first-order valence-corrected chi connectivity index (χ1v) is 8.08. The molecule has 0 aliphatic rings. The van der Waals surface area contributed by atoms with E-state index in [1.165, 1.54) is 35.5 Å². The molecule has 0 atom stereocenters. The van der Waals surface area contributed by atoms with Crippen LogP contribution in [-0.4, -0.2) is 28.0 Å². The fourth-order valence-electron chi connectivity index (χ4n) is 2.24. The van der Waals surface area contributed by atoms with E-state index in [4.69, 9.17) is 20.9 Å². The van der Waals surface area contributed by atoms with Crippen LogP contribution in [-0.2, 0) is 13.2 Å². The van der Waals surface area contributed by atoms with Gasteiger partial charge in [0.05, 0.1) is 11.2 Å². The van der Waals surface area contributed by atoms with Crippen molar-refractivity contribution in [3.8, 4) is 5.75 Å². The van der Waals surface area contributed by atoms with E-state index in [1.807, 2.05) is 0 Å². The number of carbonyl (C=O) groups excluding carboxylic acids is 1. The molecule has 0 fully saturated rings. The van der Waals surface area contributed by atoms with Crippen LogP contribution in [0.3, 0.4) is 0 Å². The molecule has 1 amide bonds. The van der Waals surface area contributed by atoms with E-state index >= 15 is 0 Å². The normalized spacial score (nSPS) is 10.6. The van der Waals surface area contributed by atoms with E-state index in [1.54, 1.807) is 25.2 Å². The first-order chi connectivity index (χ1) is 12.5.